The second-order valence-corrected chi connectivity index (χ2v) is 8.32. The Bertz CT molecular complexity index is 791. The summed E-state index contributed by atoms with van der Waals surface area (Å²) in [6, 6.07) is 8.07. The fourth-order valence-corrected chi connectivity index (χ4v) is 3.01. The molecule has 1 atom stereocenters. The molecule has 166 valence electrons. The van der Waals surface area contributed by atoms with Crippen molar-refractivity contribution in [2.75, 3.05) is 20.1 Å². The molecule has 0 aliphatic carbocycles. The van der Waals surface area contributed by atoms with Crippen molar-refractivity contribution in [3.05, 3.63) is 30.1 Å². The van der Waals surface area contributed by atoms with Gasteiger partial charge in [0.25, 0.3) is 0 Å². The van der Waals surface area contributed by atoms with E-state index < -0.39 is 11.7 Å². The molecule has 0 bridgehead atoms. The molecule has 0 radical (unpaired) electrons. The van der Waals surface area contributed by atoms with Crippen LogP contribution in [0.5, 0.6) is 0 Å². The smallest absolute Gasteiger partial charge is 0.407 e. The third-order valence-corrected chi connectivity index (χ3v) is 4.45. The van der Waals surface area contributed by atoms with Crippen LogP contribution in [-0.2, 0) is 11.2 Å². The number of H-pyrrole nitrogens is 1. The number of imidazole rings is 1. The maximum atomic E-state index is 12.0. The van der Waals surface area contributed by atoms with E-state index in [0.717, 1.165) is 42.5 Å². The molecule has 0 saturated heterocycles. The van der Waals surface area contributed by atoms with Gasteiger partial charge in [-0.2, -0.15) is 0 Å². The Balaban J connectivity index is 1.83. The first-order valence-electron chi connectivity index (χ1n) is 10.7. The molecule has 0 saturated carbocycles. The number of aliphatic imine (C=N–C) groups is 1. The number of fused-ring (bicyclic) bond motifs is 1. The summed E-state index contributed by atoms with van der Waals surface area (Å²) in [4.78, 5) is 24.2. The van der Waals surface area contributed by atoms with Gasteiger partial charge < -0.3 is 25.7 Å². The van der Waals surface area contributed by atoms with Crippen molar-refractivity contribution in [2.45, 2.75) is 65.0 Å². The van der Waals surface area contributed by atoms with Crippen LogP contribution in [0.4, 0.5) is 4.79 Å². The second kappa shape index (κ2) is 11.4. The molecular formula is C22H36N6O2. The van der Waals surface area contributed by atoms with Gasteiger partial charge in [0.15, 0.2) is 5.96 Å². The molecule has 30 heavy (non-hydrogen) atoms. The lowest BCUT2D eigenvalue weighted by atomic mass is 10.1. The summed E-state index contributed by atoms with van der Waals surface area (Å²) in [6.45, 7) is 8.88. The van der Waals surface area contributed by atoms with Gasteiger partial charge in [0.05, 0.1) is 11.0 Å². The van der Waals surface area contributed by atoms with Gasteiger partial charge in [-0.25, -0.2) is 9.78 Å². The topological polar surface area (TPSA) is 103 Å². The first-order valence-corrected chi connectivity index (χ1v) is 10.7. The van der Waals surface area contributed by atoms with Crippen molar-refractivity contribution in [3.63, 3.8) is 0 Å². The highest BCUT2D eigenvalue weighted by atomic mass is 16.6. The van der Waals surface area contributed by atoms with Gasteiger partial charge in [0.1, 0.15) is 11.4 Å². The SMILES string of the molecule is CCCCC(CNC(=O)OC(C)(C)C)NC(=NC)NCCc1nc2ccccc2[nH]1. The Morgan fingerprint density at radius 1 is 1.27 bits per heavy atom. The van der Waals surface area contributed by atoms with Crippen molar-refractivity contribution in [3.8, 4) is 0 Å². The van der Waals surface area contributed by atoms with E-state index in [1.165, 1.54) is 0 Å². The van der Waals surface area contributed by atoms with Crippen molar-refractivity contribution in [1.82, 2.24) is 25.9 Å². The maximum Gasteiger partial charge on any atom is 0.407 e. The summed E-state index contributed by atoms with van der Waals surface area (Å²) >= 11 is 0. The number of aromatic amines is 1. The molecule has 1 unspecified atom stereocenters. The molecule has 1 heterocycles. The standard InChI is InChI=1S/C22H36N6O2/c1-6-7-10-16(15-25-21(29)30-22(2,3)4)26-20(23-5)24-14-13-19-27-17-11-8-9-12-18(17)28-19/h8-9,11-12,16H,6-7,10,13-15H2,1-5H3,(H,25,29)(H,27,28)(H2,23,24,26). The number of carbonyl (C=O) groups excluding carboxylic acids is 1. The van der Waals surface area contributed by atoms with E-state index in [2.05, 4.69) is 37.8 Å². The van der Waals surface area contributed by atoms with Gasteiger partial charge in [-0.15, -0.1) is 0 Å². The van der Waals surface area contributed by atoms with E-state index in [9.17, 15) is 4.79 Å². The summed E-state index contributed by atoms with van der Waals surface area (Å²) in [5.74, 6) is 1.64. The van der Waals surface area contributed by atoms with Gasteiger partial charge in [-0.3, -0.25) is 4.99 Å². The molecule has 2 rings (SSSR count). The van der Waals surface area contributed by atoms with Crippen molar-refractivity contribution in [1.29, 1.82) is 0 Å². The van der Waals surface area contributed by atoms with Gasteiger partial charge in [-0.1, -0.05) is 31.9 Å². The van der Waals surface area contributed by atoms with E-state index in [0.29, 0.717) is 19.0 Å². The first-order chi connectivity index (χ1) is 14.3. The Labute approximate surface area is 179 Å². The van der Waals surface area contributed by atoms with Crippen molar-refractivity contribution < 1.29 is 9.53 Å². The number of rotatable bonds is 9. The largest absolute Gasteiger partial charge is 0.444 e. The molecule has 0 aliphatic rings. The zero-order valence-corrected chi connectivity index (χ0v) is 18.8. The van der Waals surface area contributed by atoms with E-state index in [-0.39, 0.29) is 6.04 Å². The number of carbonyl (C=O) groups is 1. The number of ether oxygens (including phenoxy) is 1. The van der Waals surface area contributed by atoms with Crippen LogP contribution in [0, 0.1) is 0 Å². The summed E-state index contributed by atoms with van der Waals surface area (Å²) < 4.78 is 5.33. The fourth-order valence-electron chi connectivity index (χ4n) is 3.01. The molecule has 4 N–H and O–H groups in total. The number of hydrogen-bond donors (Lipinski definition) is 4. The number of benzene rings is 1. The molecule has 0 aliphatic heterocycles. The summed E-state index contributed by atoms with van der Waals surface area (Å²) in [5, 5.41) is 9.59. The van der Waals surface area contributed by atoms with E-state index >= 15 is 0 Å². The molecule has 2 aromatic rings. The molecule has 8 nitrogen and oxygen atoms in total. The minimum atomic E-state index is -0.509. The van der Waals surface area contributed by atoms with Gasteiger partial charge in [0.2, 0.25) is 0 Å². The summed E-state index contributed by atoms with van der Waals surface area (Å²) in [6.07, 6.45) is 3.42. The van der Waals surface area contributed by atoms with Gasteiger partial charge >= 0.3 is 6.09 Å². The van der Waals surface area contributed by atoms with Crippen LogP contribution in [0.1, 0.15) is 52.8 Å². The molecule has 0 spiro atoms. The van der Waals surface area contributed by atoms with Crippen LogP contribution in [0.25, 0.3) is 11.0 Å². The average Bonchev–Trinajstić information content (AvgIpc) is 3.10. The zero-order chi connectivity index (χ0) is 22.0. The number of guanidine groups is 1. The summed E-state index contributed by atoms with van der Waals surface area (Å²) in [5.41, 5.74) is 1.51. The van der Waals surface area contributed by atoms with Crippen LogP contribution in [0.15, 0.2) is 29.3 Å². The lowest BCUT2D eigenvalue weighted by Gasteiger charge is -2.24. The normalized spacial score (nSPS) is 13.2. The van der Waals surface area contributed by atoms with Crippen LogP contribution in [-0.4, -0.2) is 53.8 Å². The van der Waals surface area contributed by atoms with Gasteiger partial charge in [-0.05, 0) is 39.3 Å². The number of para-hydroxylation sites is 2. The number of hydrogen-bond acceptors (Lipinski definition) is 4. The molecule has 1 amide bonds. The van der Waals surface area contributed by atoms with Crippen molar-refractivity contribution in [2.24, 2.45) is 4.99 Å². The zero-order valence-electron chi connectivity index (χ0n) is 18.8. The average molecular weight is 417 g/mol. The lowest BCUT2D eigenvalue weighted by molar-refractivity contribution is 0.0523. The fraction of sp³-hybridized carbons (Fsp3) is 0.591. The molecular weight excluding hydrogens is 380 g/mol. The number of aromatic nitrogens is 2. The number of unbranched alkanes of at least 4 members (excludes halogenated alkanes) is 1. The van der Waals surface area contributed by atoms with Crippen LogP contribution in [0.3, 0.4) is 0 Å². The van der Waals surface area contributed by atoms with Crippen LogP contribution >= 0.6 is 0 Å². The Kier molecular flexibility index (Phi) is 8.95. The number of alkyl carbamates (subject to hydrolysis) is 1. The van der Waals surface area contributed by atoms with E-state index in [4.69, 9.17) is 4.74 Å². The molecule has 1 aromatic heterocycles. The predicted molar refractivity (Wildman–Crippen MR) is 122 cm³/mol. The molecule has 1 aromatic carbocycles. The highest BCUT2D eigenvalue weighted by molar-refractivity contribution is 5.80. The third kappa shape index (κ3) is 8.31. The highest BCUT2D eigenvalue weighted by Crippen LogP contribution is 2.10. The van der Waals surface area contributed by atoms with Crippen LogP contribution < -0.4 is 16.0 Å². The van der Waals surface area contributed by atoms with E-state index in [1.54, 1.807) is 7.05 Å². The van der Waals surface area contributed by atoms with E-state index in [1.807, 2.05) is 45.0 Å². The minimum absolute atomic E-state index is 0.0647. The minimum Gasteiger partial charge on any atom is -0.444 e. The quantitative estimate of drug-likeness (QED) is 0.371. The Hall–Kier alpha value is -2.77. The third-order valence-electron chi connectivity index (χ3n) is 4.45. The highest BCUT2D eigenvalue weighted by Gasteiger charge is 2.18. The Morgan fingerprint density at radius 3 is 2.70 bits per heavy atom. The summed E-state index contributed by atoms with van der Waals surface area (Å²) in [7, 11) is 1.74. The lowest BCUT2D eigenvalue weighted by Crippen LogP contribution is -2.49. The predicted octanol–water partition coefficient (Wildman–Crippen LogP) is 3.35. The molecule has 8 heteroatoms. The molecule has 0 fully saturated rings. The second-order valence-electron chi connectivity index (χ2n) is 8.32. The number of nitrogens with one attached hydrogen (secondary N) is 4. The van der Waals surface area contributed by atoms with Crippen LogP contribution in [0.2, 0.25) is 0 Å². The van der Waals surface area contributed by atoms with Crippen molar-refractivity contribution >= 4 is 23.1 Å². The number of amides is 1. The first kappa shape index (κ1) is 23.5. The Morgan fingerprint density at radius 2 is 2.03 bits per heavy atom. The van der Waals surface area contributed by atoms with Gasteiger partial charge in [0, 0.05) is 32.6 Å². The maximum absolute atomic E-state index is 12.0. The monoisotopic (exact) mass is 416 g/mol. The number of nitrogens with zero attached hydrogens (tertiary/aromatic N) is 2.